The van der Waals surface area contributed by atoms with Crippen molar-refractivity contribution in [2.75, 3.05) is 0 Å². The van der Waals surface area contributed by atoms with Gasteiger partial charge in [-0.2, -0.15) is 0 Å². The van der Waals surface area contributed by atoms with Crippen LogP contribution in [-0.2, 0) is 0 Å². The number of aliphatic hydroxyl groups is 1. The summed E-state index contributed by atoms with van der Waals surface area (Å²) in [7, 11) is 0. The maximum Gasteiger partial charge on any atom is 0.115 e. The standard InChI is InChI=1S/C23H26N2O2/c26-20-3-1-2-18(12-20)15-4-8-17(9-5-15)23(27)22-21(16-6-7-16)11-10-19-13-24-14-25(19)22/h1-3,10-17,23,26-27H,4-9H2. The molecule has 1 aromatic carbocycles. The Labute approximate surface area is 159 Å². The molecule has 0 radical (unpaired) electrons. The van der Waals surface area contributed by atoms with Crippen molar-refractivity contribution in [3.63, 3.8) is 0 Å². The van der Waals surface area contributed by atoms with E-state index in [1.807, 2.05) is 24.7 Å². The number of phenols is 1. The second kappa shape index (κ2) is 6.68. The third kappa shape index (κ3) is 3.12. The second-order valence-electron chi connectivity index (χ2n) is 8.29. The van der Waals surface area contributed by atoms with Gasteiger partial charge in [-0.25, -0.2) is 4.98 Å². The molecule has 0 aliphatic heterocycles. The Kier molecular flexibility index (Phi) is 4.16. The number of nitrogens with zero attached hydrogens (tertiary/aromatic N) is 2. The molecular formula is C23H26N2O2. The van der Waals surface area contributed by atoms with Crippen LogP contribution >= 0.6 is 0 Å². The summed E-state index contributed by atoms with van der Waals surface area (Å²) in [4.78, 5) is 4.30. The Morgan fingerprint density at radius 2 is 1.74 bits per heavy atom. The molecule has 3 aromatic rings. The normalized spacial score (nSPS) is 24.2. The van der Waals surface area contributed by atoms with E-state index in [4.69, 9.17) is 0 Å². The van der Waals surface area contributed by atoms with E-state index in [2.05, 4.69) is 27.6 Å². The highest BCUT2D eigenvalue weighted by atomic mass is 16.3. The van der Waals surface area contributed by atoms with E-state index in [0.717, 1.165) is 36.9 Å². The fourth-order valence-corrected chi connectivity index (χ4v) is 4.85. The number of hydrogen-bond acceptors (Lipinski definition) is 3. The van der Waals surface area contributed by atoms with Gasteiger partial charge in [0.25, 0.3) is 0 Å². The van der Waals surface area contributed by atoms with Crippen LogP contribution in [0, 0.1) is 5.92 Å². The molecule has 27 heavy (non-hydrogen) atoms. The lowest BCUT2D eigenvalue weighted by Crippen LogP contribution is -2.22. The molecule has 0 bridgehead atoms. The third-order valence-corrected chi connectivity index (χ3v) is 6.51. The summed E-state index contributed by atoms with van der Waals surface area (Å²) in [6.45, 7) is 0. The van der Waals surface area contributed by atoms with E-state index < -0.39 is 6.10 Å². The van der Waals surface area contributed by atoms with Crippen LogP contribution < -0.4 is 0 Å². The molecule has 4 heteroatoms. The quantitative estimate of drug-likeness (QED) is 0.692. The number of aromatic hydroxyl groups is 1. The van der Waals surface area contributed by atoms with Gasteiger partial charge in [-0.3, -0.25) is 0 Å². The zero-order chi connectivity index (χ0) is 18.4. The van der Waals surface area contributed by atoms with Crippen LogP contribution in [0.15, 0.2) is 48.9 Å². The van der Waals surface area contributed by atoms with Gasteiger partial charge in [-0.1, -0.05) is 18.2 Å². The summed E-state index contributed by atoms with van der Waals surface area (Å²) in [5.41, 5.74) is 4.65. The molecule has 2 aliphatic carbocycles. The third-order valence-electron chi connectivity index (χ3n) is 6.51. The van der Waals surface area contributed by atoms with Crippen molar-refractivity contribution >= 4 is 5.52 Å². The summed E-state index contributed by atoms with van der Waals surface area (Å²) in [6, 6.07) is 12.0. The average Bonchev–Trinajstić information content (AvgIpc) is 3.43. The van der Waals surface area contributed by atoms with Gasteiger partial charge in [0, 0.05) is 0 Å². The zero-order valence-electron chi connectivity index (χ0n) is 15.5. The van der Waals surface area contributed by atoms with Gasteiger partial charge in [0.05, 0.1) is 29.8 Å². The average molecular weight is 362 g/mol. The van der Waals surface area contributed by atoms with E-state index in [9.17, 15) is 10.2 Å². The molecule has 0 spiro atoms. The fourth-order valence-electron chi connectivity index (χ4n) is 4.85. The van der Waals surface area contributed by atoms with Crippen LogP contribution in [0.3, 0.4) is 0 Å². The van der Waals surface area contributed by atoms with Crippen molar-refractivity contribution in [1.82, 2.24) is 9.38 Å². The molecule has 1 atom stereocenters. The number of aromatic nitrogens is 2. The molecule has 140 valence electrons. The Morgan fingerprint density at radius 3 is 2.48 bits per heavy atom. The Hall–Kier alpha value is -2.33. The van der Waals surface area contributed by atoms with Crippen molar-refractivity contribution < 1.29 is 10.2 Å². The predicted octanol–water partition coefficient (Wildman–Crippen LogP) is 4.92. The summed E-state index contributed by atoms with van der Waals surface area (Å²) < 4.78 is 2.10. The molecule has 2 heterocycles. The van der Waals surface area contributed by atoms with Gasteiger partial charge in [-0.15, -0.1) is 0 Å². The number of hydrogen-bond donors (Lipinski definition) is 2. The lowest BCUT2D eigenvalue weighted by Gasteiger charge is -2.33. The molecular weight excluding hydrogens is 336 g/mol. The first-order valence-electron chi connectivity index (χ1n) is 10.1. The number of aliphatic hydroxyl groups excluding tert-OH is 1. The second-order valence-corrected chi connectivity index (χ2v) is 8.29. The molecule has 2 saturated carbocycles. The Bertz CT molecular complexity index is 952. The van der Waals surface area contributed by atoms with Crippen LogP contribution in [0.1, 0.15) is 73.3 Å². The Morgan fingerprint density at radius 1 is 0.963 bits per heavy atom. The number of phenolic OH excluding ortho intramolecular Hbond substituents is 1. The van der Waals surface area contributed by atoms with Crippen molar-refractivity contribution in [3.8, 4) is 5.75 Å². The lowest BCUT2D eigenvalue weighted by atomic mass is 9.75. The molecule has 0 amide bonds. The van der Waals surface area contributed by atoms with Gasteiger partial charge in [0.15, 0.2) is 0 Å². The molecule has 2 fully saturated rings. The number of imidazole rings is 1. The highest BCUT2D eigenvalue weighted by Crippen LogP contribution is 2.47. The molecule has 1 unspecified atom stereocenters. The van der Waals surface area contributed by atoms with Gasteiger partial charge in [-0.05, 0) is 85.6 Å². The maximum absolute atomic E-state index is 11.3. The summed E-state index contributed by atoms with van der Waals surface area (Å²) >= 11 is 0. The largest absolute Gasteiger partial charge is 0.508 e. The fraction of sp³-hybridized carbons (Fsp3) is 0.435. The van der Waals surface area contributed by atoms with Crippen LogP contribution in [0.25, 0.3) is 5.52 Å². The van der Waals surface area contributed by atoms with Gasteiger partial charge >= 0.3 is 0 Å². The summed E-state index contributed by atoms with van der Waals surface area (Å²) in [6.07, 6.45) is 9.86. The monoisotopic (exact) mass is 362 g/mol. The van der Waals surface area contributed by atoms with Crippen LogP contribution in [0.5, 0.6) is 5.75 Å². The van der Waals surface area contributed by atoms with E-state index in [0.29, 0.717) is 17.6 Å². The highest BCUT2D eigenvalue weighted by Gasteiger charge is 2.34. The molecule has 5 rings (SSSR count). The number of rotatable bonds is 4. The highest BCUT2D eigenvalue weighted by molar-refractivity contribution is 5.50. The van der Waals surface area contributed by atoms with Crippen LogP contribution in [0.2, 0.25) is 0 Å². The molecule has 0 saturated heterocycles. The maximum atomic E-state index is 11.3. The molecule has 4 nitrogen and oxygen atoms in total. The first-order chi connectivity index (χ1) is 13.2. The minimum Gasteiger partial charge on any atom is -0.508 e. The van der Waals surface area contributed by atoms with Gasteiger partial charge in [0.2, 0.25) is 0 Å². The van der Waals surface area contributed by atoms with Crippen molar-refractivity contribution in [2.45, 2.75) is 56.5 Å². The zero-order valence-corrected chi connectivity index (χ0v) is 15.5. The SMILES string of the molecule is Oc1cccc(C2CCC(C(O)c3c(C4CC4)ccc4cncn34)CC2)c1. The smallest absolute Gasteiger partial charge is 0.115 e. The lowest BCUT2D eigenvalue weighted by molar-refractivity contribution is 0.0754. The molecule has 2 aromatic heterocycles. The van der Waals surface area contributed by atoms with Crippen molar-refractivity contribution in [3.05, 3.63) is 65.7 Å². The predicted molar refractivity (Wildman–Crippen MR) is 105 cm³/mol. The first kappa shape index (κ1) is 16.8. The minimum absolute atomic E-state index is 0.282. The van der Waals surface area contributed by atoms with E-state index in [-0.39, 0.29) is 5.92 Å². The van der Waals surface area contributed by atoms with Crippen LogP contribution in [-0.4, -0.2) is 19.6 Å². The molecule has 2 N–H and O–H groups in total. The first-order valence-corrected chi connectivity index (χ1v) is 10.1. The number of pyridine rings is 1. The number of benzene rings is 1. The topological polar surface area (TPSA) is 57.8 Å². The van der Waals surface area contributed by atoms with E-state index in [1.54, 1.807) is 6.07 Å². The Balaban J connectivity index is 1.38. The number of fused-ring (bicyclic) bond motifs is 1. The minimum atomic E-state index is -0.441. The van der Waals surface area contributed by atoms with E-state index in [1.165, 1.54) is 24.0 Å². The summed E-state index contributed by atoms with van der Waals surface area (Å²) in [5, 5.41) is 21.1. The van der Waals surface area contributed by atoms with Gasteiger partial charge < -0.3 is 14.6 Å². The van der Waals surface area contributed by atoms with E-state index >= 15 is 0 Å². The summed E-state index contributed by atoms with van der Waals surface area (Å²) in [5.74, 6) is 1.71. The van der Waals surface area contributed by atoms with Crippen molar-refractivity contribution in [1.29, 1.82) is 0 Å². The van der Waals surface area contributed by atoms with Crippen molar-refractivity contribution in [2.24, 2.45) is 5.92 Å². The van der Waals surface area contributed by atoms with Gasteiger partial charge in [0.1, 0.15) is 5.75 Å². The van der Waals surface area contributed by atoms with Crippen LogP contribution in [0.4, 0.5) is 0 Å². The molecule has 2 aliphatic rings.